The molecule has 0 unspecified atom stereocenters. The molecule has 1 heterocycles. The predicted octanol–water partition coefficient (Wildman–Crippen LogP) is 3.71. The molecule has 0 aliphatic heterocycles. The number of hydrogen-bond donors (Lipinski definition) is 1. The molecule has 0 saturated carbocycles. The Bertz CT molecular complexity index is 594. The second kappa shape index (κ2) is 5.08. The molecule has 0 atom stereocenters. The van der Waals surface area contributed by atoms with Crippen LogP contribution in [0.1, 0.15) is 30.8 Å². The first-order chi connectivity index (χ1) is 8.90. The smallest absolute Gasteiger partial charge is 0.131 e. The van der Waals surface area contributed by atoms with Crippen LogP contribution in [0.3, 0.4) is 0 Å². The lowest BCUT2D eigenvalue weighted by Gasteiger charge is -2.10. The van der Waals surface area contributed by atoms with Crippen LogP contribution in [0.2, 0.25) is 0 Å². The third kappa shape index (κ3) is 2.65. The van der Waals surface area contributed by atoms with E-state index in [1.165, 1.54) is 11.1 Å². The lowest BCUT2D eigenvalue weighted by Crippen LogP contribution is -2.09. The number of aromatic nitrogens is 2. The number of imidazole rings is 1. The molecular formula is C16H23N3. The Balaban J connectivity index is 2.48. The van der Waals surface area contributed by atoms with Gasteiger partial charge in [-0.25, -0.2) is 4.98 Å². The van der Waals surface area contributed by atoms with Crippen LogP contribution in [0.15, 0.2) is 18.2 Å². The summed E-state index contributed by atoms with van der Waals surface area (Å²) in [7, 11) is 0. The lowest BCUT2D eigenvalue weighted by molar-refractivity contribution is 0.518. The van der Waals surface area contributed by atoms with Crippen molar-refractivity contribution in [3.05, 3.63) is 35.2 Å². The average Bonchev–Trinajstić information content (AvgIpc) is 2.60. The van der Waals surface area contributed by atoms with Crippen LogP contribution in [0.5, 0.6) is 0 Å². The number of rotatable bonds is 3. The third-order valence-corrected chi connectivity index (χ3v) is 3.53. The lowest BCUT2D eigenvalue weighted by atomic mass is 10.0. The molecule has 2 rings (SSSR count). The van der Waals surface area contributed by atoms with Crippen molar-refractivity contribution >= 4 is 5.82 Å². The minimum absolute atomic E-state index is 0.558. The molecule has 0 aliphatic carbocycles. The summed E-state index contributed by atoms with van der Waals surface area (Å²) in [6, 6.07) is 6.38. The predicted molar refractivity (Wildman–Crippen MR) is 81.1 cm³/mol. The molecule has 0 fully saturated rings. The zero-order valence-corrected chi connectivity index (χ0v) is 12.5. The third-order valence-electron chi connectivity index (χ3n) is 3.53. The normalized spacial score (nSPS) is 11.3. The van der Waals surface area contributed by atoms with Gasteiger partial charge in [-0.15, -0.1) is 0 Å². The highest BCUT2D eigenvalue weighted by molar-refractivity contribution is 5.71. The largest absolute Gasteiger partial charge is 0.383 e. The van der Waals surface area contributed by atoms with E-state index < -0.39 is 0 Å². The number of benzene rings is 1. The number of aryl methyl sites for hydroxylation is 3. The van der Waals surface area contributed by atoms with Crippen LogP contribution >= 0.6 is 0 Å². The number of nitrogens with zero attached hydrogens (tertiary/aromatic N) is 2. The Hall–Kier alpha value is -1.77. The molecule has 3 nitrogen and oxygen atoms in total. The van der Waals surface area contributed by atoms with Crippen molar-refractivity contribution in [3.63, 3.8) is 0 Å². The van der Waals surface area contributed by atoms with Crippen molar-refractivity contribution in [1.29, 1.82) is 0 Å². The summed E-state index contributed by atoms with van der Waals surface area (Å²) < 4.78 is 2.11. The minimum atomic E-state index is 0.558. The molecule has 1 aromatic heterocycles. The summed E-state index contributed by atoms with van der Waals surface area (Å²) in [5.41, 5.74) is 10.8. The zero-order chi connectivity index (χ0) is 14.2. The summed E-state index contributed by atoms with van der Waals surface area (Å²) >= 11 is 0. The Labute approximate surface area is 115 Å². The Morgan fingerprint density at radius 1 is 1.16 bits per heavy atom. The molecule has 0 saturated heterocycles. The van der Waals surface area contributed by atoms with E-state index in [1.807, 2.05) is 6.92 Å². The van der Waals surface area contributed by atoms with E-state index in [-0.39, 0.29) is 0 Å². The fraction of sp³-hybridized carbons (Fsp3) is 0.438. The van der Waals surface area contributed by atoms with E-state index in [4.69, 9.17) is 5.73 Å². The Morgan fingerprint density at radius 2 is 1.84 bits per heavy atom. The molecule has 2 aromatic rings. The molecule has 0 spiro atoms. The topological polar surface area (TPSA) is 43.8 Å². The molecule has 0 aliphatic rings. The summed E-state index contributed by atoms with van der Waals surface area (Å²) in [4.78, 5) is 4.64. The van der Waals surface area contributed by atoms with E-state index in [0.717, 1.165) is 29.4 Å². The fourth-order valence-corrected chi connectivity index (χ4v) is 2.28. The molecule has 0 amide bonds. The van der Waals surface area contributed by atoms with E-state index >= 15 is 0 Å². The van der Waals surface area contributed by atoms with E-state index in [9.17, 15) is 0 Å². The van der Waals surface area contributed by atoms with E-state index in [1.54, 1.807) is 0 Å². The monoisotopic (exact) mass is 257 g/mol. The number of anilines is 1. The van der Waals surface area contributed by atoms with Crippen molar-refractivity contribution in [3.8, 4) is 11.3 Å². The van der Waals surface area contributed by atoms with Crippen molar-refractivity contribution in [2.75, 3.05) is 5.73 Å². The fourth-order valence-electron chi connectivity index (χ4n) is 2.28. The second-order valence-electron chi connectivity index (χ2n) is 5.70. The van der Waals surface area contributed by atoms with Crippen LogP contribution in [-0.2, 0) is 6.54 Å². The van der Waals surface area contributed by atoms with Gasteiger partial charge in [0.05, 0.1) is 0 Å². The molecule has 0 bridgehead atoms. The zero-order valence-electron chi connectivity index (χ0n) is 12.5. The van der Waals surface area contributed by atoms with Crippen LogP contribution in [0.25, 0.3) is 11.3 Å². The van der Waals surface area contributed by atoms with Gasteiger partial charge in [-0.2, -0.15) is 0 Å². The standard InChI is InChI=1S/C16H23N3/c1-10(2)9-19-13(5)18-15(16(19)17)14-7-6-11(3)12(4)8-14/h6-8,10H,9,17H2,1-5H3. The van der Waals surface area contributed by atoms with Crippen molar-refractivity contribution in [2.24, 2.45) is 5.92 Å². The summed E-state index contributed by atoms with van der Waals surface area (Å²) in [6.07, 6.45) is 0. The number of hydrogen-bond acceptors (Lipinski definition) is 2. The Kier molecular flexibility index (Phi) is 3.65. The van der Waals surface area contributed by atoms with Gasteiger partial charge in [-0.3, -0.25) is 0 Å². The van der Waals surface area contributed by atoms with Gasteiger partial charge in [0, 0.05) is 12.1 Å². The average molecular weight is 257 g/mol. The van der Waals surface area contributed by atoms with Crippen molar-refractivity contribution in [1.82, 2.24) is 9.55 Å². The Morgan fingerprint density at radius 3 is 2.42 bits per heavy atom. The van der Waals surface area contributed by atoms with Gasteiger partial charge in [0.15, 0.2) is 0 Å². The molecule has 2 N–H and O–H groups in total. The SMILES string of the molecule is Cc1ccc(-c2nc(C)n(CC(C)C)c2N)cc1C. The maximum Gasteiger partial charge on any atom is 0.131 e. The van der Waals surface area contributed by atoms with Crippen LogP contribution in [0.4, 0.5) is 5.82 Å². The van der Waals surface area contributed by atoms with Crippen molar-refractivity contribution in [2.45, 2.75) is 41.2 Å². The first-order valence-corrected chi connectivity index (χ1v) is 6.80. The summed E-state index contributed by atoms with van der Waals surface area (Å²) in [5, 5.41) is 0. The molecular weight excluding hydrogens is 234 g/mol. The summed E-state index contributed by atoms with van der Waals surface area (Å²) in [5.74, 6) is 2.32. The van der Waals surface area contributed by atoms with Crippen LogP contribution < -0.4 is 5.73 Å². The molecule has 0 radical (unpaired) electrons. The highest BCUT2D eigenvalue weighted by atomic mass is 15.1. The van der Waals surface area contributed by atoms with Gasteiger partial charge in [0.25, 0.3) is 0 Å². The molecule has 1 aromatic carbocycles. The molecule has 102 valence electrons. The second-order valence-corrected chi connectivity index (χ2v) is 5.70. The first kappa shape index (κ1) is 13.7. The van der Waals surface area contributed by atoms with Crippen molar-refractivity contribution < 1.29 is 0 Å². The number of nitrogen functional groups attached to an aromatic ring is 1. The van der Waals surface area contributed by atoms with Crippen LogP contribution in [0, 0.1) is 26.7 Å². The van der Waals surface area contributed by atoms with E-state index in [2.05, 4.69) is 55.4 Å². The quantitative estimate of drug-likeness (QED) is 0.910. The van der Waals surface area contributed by atoms with E-state index in [0.29, 0.717) is 5.92 Å². The van der Waals surface area contributed by atoms with Gasteiger partial charge in [0.2, 0.25) is 0 Å². The molecule has 3 heteroatoms. The van der Waals surface area contributed by atoms with Gasteiger partial charge < -0.3 is 10.3 Å². The van der Waals surface area contributed by atoms with Crippen LogP contribution in [-0.4, -0.2) is 9.55 Å². The number of nitrogens with two attached hydrogens (primary N) is 1. The first-order valence-electron chi connectivity index (χ1n) is 6.80. The maximum atomic E-state index is 6.27. The highest BCUT2D eigenvalue weighted by Gasteiger charge is 2.14. The van der Waals surface area contributed by atoms with Gasteiger partial charge in [-0.05, 0) is 43.9 Å². The highest BCUT2D eigenvalue weighted by Crippen LogP contribution is 2.28. The van der Waals surface area contributed by atoms with Gasteiger partial charge >= 0.3 is 0 Å². The molecule has 19 heavy (non-hydrogen) atoms. The van der Waals surface area contributed by atoms with Gasteiger partial charge in [-0.1, -0.05) is 26.0 Å². The summed E-state index contributed by atoms with van der Waals surface area (Å²) in [6.45, 7) is 11.5. The maximum absolute atomic E-state index is 6.27. The minimum Gasteiger partial charge on any atom is -0.383 e. The van der Waals surface area contributed by atoms with Gasteiger partial charge in [0.1, 0.15) is 17.3 Å².